The van der Waals surface area contributed by atoms with Gasteiger partial charge in [0, 0.05) is 23.1 Å². The Labute approximate surface area is 267 Å². The molecule has 0 bridgehead atoms. The number of pyridine rings is 1. The molecular weight excluding hydrogens is 548 g/mol. The summed E-state index contributed by atoms with van der Waals surface area (Å²) in [7, 11) is 0. The molecule has 0 fully saturated rings. The Morgan fingerprint density at radius 3 is 1.74 bits per heavy atom. The predicted molar refractivity (Wildman–Crippen MR) is 188 cm³/mol. The first-order valence-electron chi connectivity index (χ1n) is 16.7. The summed E-state index contributed by atoms with van der Waals surface area (Å²) in [6.45, 7) is 7.33. The highest BCUT2D eigenvalue weighted by molar-refractivity contribution is 5.97. The van der Waals surface area contributed by atoms with Crippen LogP contribution in [0.3, 0.4) is 0 Å². The molecule has 3 nitrogen and oxygen atoms in total. The standard InChI is InChI=1S/C39H52N2O.ClH/c1-3-5-7-9-11-19-28-41(29-20-12-10-8-6-4-2)31-38(42)36-30-37(33-24-17-14-18-25-33)40-39-34(26-21-27-35(36)39)32-22-15-13-16-23-32;/h13-18,21-27,30,38,42H,3-12,19-20,28-29,31H2,1-2H3;1H. The van der Waals surface area contributed by atoms with E-state index in [1.165, 1.54) is 77.0 Å². The Kier molecular flexibility index (Phi) is 15.8. The first-order valence-corrected chi connectivity index (χ1v) is 16.7. The van der Waals surface area contributed by atoms with Crippen molar-refractivity contribution in [3.8, 4) is 22.4 Å². The molecule has 0 saturated heterocycles. The topological polar surface area (TPSA) is 36.4 Å². The average Bonchev–Trinajstić information content (AvgIpc) is 3.04. The zero-order valence-electron chi connectivity index (χ0n) is 26.5. The maximum atomic E-state index is 11.9. The molecule has 0 aliphatic rings. The fourth-order valence-electron chi connectivity index (χ4n) is 6.03. The Morgan fingerprint density at radius 2 is 1.16 bits per heavy atom. The highest BCUT2D eigenvalue weighted by Gasteiger charge is 2.20. The van der Waals surface area contributed by atoms with Gasteiger partial charge in [0.05, 0.1) is 17.3 Å². The van der Waals surface area contributed by atoms with Gasteiger partial charge in [-0.3, -0.25) is 0 Å². The van der Waals surface area contributed by atoms with Crippen molar-refractivity contribution in [2.24, 2.45) is 0 Å². The maximum absolute atomic E-state index is 11.9. The van der Waals surface area contributed by atoms with Crippen molar-refractivity contribution >= 4 is 23.3 Å². The van der Waals surface area contributed by atoms with Gasteiger partial charge in [-0.15, -0.1) is 12.4 Å². The van der Waals surface area contributed by atoms with Crippen LogP contribution in [-0.2, 0) is 0 Å². The van der Waals surface area contributed by atoms with Crippen LogP contribution in [0, 0.1) is 0 Å². The second-order valence-corrected chi connectivity index (χ2v) is 11.9. The summed E-state index contributed by atoms with van der Waals surface area (Å²) in [5.74, 6) is 0. The number of aromatic nitrogens is 1. The van der Waals surface area contributed by atoms with Gasteiger partial charge in [0.15, 0.2) is 0 Å². The number of halogens is 1. The molecule has 4 heteroatoms. The average molecular weight is 601 g/mol. The summed E-state index contributed by atoms with van der Waals surface area (Å²) in [5.41, 5.74) is 6.18. The van der Waals surface area contributed by atoms with E-state index in [1.807, 2.05) is 6.07 Å². The Bertz CT molecular complexity index is 1300. The number of fused-ring (bicyclic) bond motifs is 1. The van der Waals surface area contributed by atoms with Crippen LogP contribution in [0.2, 0.25) is 0 Å². The smallest absolute Gasteiger partial charge is 0.0924 e. The number of unbranched alkanes of at least 4 members (excludes halogenated alkanes) is 10. The van der Waals surface area contributed by atoms with E-state index in [2.05, 4.69) is 97.6 Å². The third kappa shape index (κ3) is 10.7. The Hall–Kier alpha value is -2.72. The van der Waals surface area contributed by atoms with Crippen molar-refractivity contribution in [2.75, 3.05) is 19.6 Å². The fourth-order valence-corrected chi connectivity index (χ4v) is 6.03. The molecular formula is C39H53ClN2O. The van der Waals surface area contributed by atoms with Crippen molar-refractivity contribution in [3.63, 3.8) is 0 Å². The molecule has 0 aliphatic carbocycles. The lowest BCUT2D eigenvalue weighted by Gasteiger charge is -2.26. The van der Waals surface area contributed by atoms with Crippen LogP contribution in [0.1, 0.15) is 103 Å². The van der Waals surface area contributed by atoms with E-state index in [0.717, 1.165) is 51.9 Å². The quantitative estimate of drug-likeness (QED) is 0.109. The number of benzene rings is 3. The second-order valence-electron chi connectivity index (χ2n) is 11.9. The summed E-state index contributed by atoms with van der Waals surface area (Å²) in [6.07, 6.45) is 14.9. The first-order chi connectivity index (χ1) is 20.7. The molecule has 0 aliphatic heterocycles. The van der Waals surface area contributed by atoms with Gasteiger partial charge < -0.3 is 10.0 Å². The number of aliphatic hydroxyl groups excluding tert-OH is 1. The molecule has 1 heterocycles. The summed E-state index contributed by atoms with van der Waals surface area (Å²) in [6, 6.07) is 29.4. The lowest BCUT2D eigenvalue weighted by Crippen LogP contribution is -2.31. The summed E-state index contributed by atoms with van der Waals surface area (Å²) >= 11 is 0. The van der Waals surface area contributed by atoms with Gasteiger partial charge >= 0.3 is 0 Å². The van der Waals surface area contributed by atoms with Crippen LogP contribution in [0.15, 0.2) is 84.9 Å². The van der Waals surface area contributed by atoms with Crippen LogP contribution < -0.4 is 0 Å². The molecule has 1 aromatic heterocycles. The van der Waals surface area contributed by atoms with E-state index >= 15 is 0 Å². The van der Waals surface area contributed by atoms with E-state index in [4.69, 9.17) is 4.98 Å². The van der Waals surface area contributed by atoms with Crippen LogP contribution in [0.4, 0.5) is 0 Å². The molecule has 1 unspecified atom stereocenters. The van der Waals surface area contributed by atoms with Crippen LogP contribution in [0.25, 0.3) is 33.3 Å². The van der Waals surface area contributed by atoms with E-state index in [1.54, 1.807) is 0 Å². The molecule has 0 amide bonds. The molecule has 0 saturated carbocycles. The van der Waals surface area contributed by atoms with Gasteiger partial charge in [-0.05, 0) is 43.1 Å². The molecule has 0 spiro atoms. The molecule has 43 heavy (non-hydrogen) atoms. The first kappa shape index (κ1) is 34.8. The summed E-state index contributed by atoms with van der Waals surface area (Å²) < 4.78 is 0. The molecule has 232 valence electrons. The van der Waals surface area contributed by atoms with Gasteiger partial charge in [0.25, 0.3) is 0 Å². The zero-order chi connectivity index (χ0) is 29.4. The number of aliphatic hydroxyl groups is 1. The normalized spacial score (nSPS) is 12.0. The lowest BCUT2D eigenvalue weighted by molar-refractivity contribution is 0.111. The minimum absolute atomic E-state index is 0. The number of hydrogen-bond donors (Lipinski definition) is 1. The maximum Gasteiger partial charge on any atom is 0.0924 e. The largest absolute Gasteiger partial charge is 0.387 e. The molecule has 3 aromatic carbocycles. The van der Waals surface area contributed by atoms with Crippen LogP contribution in [-0.4, -0.2) is 34.6 Å². The lowest BCUT2D eigenvalue weighted by atomic mass is 9.95. The summed E-state index contributed by atoms with van der Waals surface area (Å²) in [5, 5.41) is 12.9. The minimum atomic E-state index is -0.579. The van der Waals surface area contributed by atoms with E-state index < -0.39 is 6.10 Å². The third-order valence-corrected chi connectivity index (χ3v) is 8.47. The number of para-hydroxylation sites is 1. The molecule has 4 aromatic rings. The third-order valence-electron chi connectivity index (χ3n) is 8.47. The minimum Gasteiger partial charge on any atom is -0.387 e. The van der Waals surface area contributed by atoms with Crippen molar-refractivity contribution in [2.45, 2.75) is 97.0 Å². The Morgan fingerprint density at radius 1 is 0.628 bits per heavy atom. The molecule has 0 radical (unpaired) electrons. The van der Waals surface area contributed by atoms with Crippen LogP contribution >= 0.6 is 12.4 Å². The molecule has 1 N–H and O–H groups in total. The fraction of sp³-hybridized carbons (Fsp3) is 0.462. The summed E-state index contributed by atoms with van der Waals surface area (Å²) in [4.78, 5) is 7.72. The predicted octanol–water partition coefficient (Wildman–Crippen LogP) is 11.0. The number of rotatable bonds is 19. The van der Waals surface area contributed by atoms with E-state index in [0.29, 0.717) is 6.54 Å². The van der Waals surface area contributed by atoms with Gasteiger partial charge in [0.2, 0.25) is 0 Å². The molecule has 4 rings (SSSR count). The van der Waals surface area contributed by atoms with Crippen LogP contribution in [0.5, 0.6) is 0 Å². The Balaban J connectivity index is 0.00000506. The van der Waals surface area contributed by atoms with Gasteiger partial charge in [-0.2, -0.15) is 0 Å². The van der Waals surface area contributed by atoms with E-state index in [9.17, 15) is 5.11 Å². The van der Waals surface area contributed by atoms with Crippen molar-refractivity contribution < 1.29 is 5.11 Å². The number of hydrogen-bond acceptors (Lipinski definition) is 3. The number of nitrogens with zero attached hydrogens (tertiary/aromatic N) is 2. The van der Waals surface area contributed by atoms with Crippen molar-refractivity contribution in [1.82, 2.24) is 9.88 Å². The van der Waals surface area contributed by atoms with Crippen molar-refractivity contribution in [3.05, 3.63) is 90.5 Å². The SMILES string of the molecule is CCCCCCCCN(CCCCCCCC)CC(O)c1cc(-c2ccccc2)nc2c(-c3ccccc3)cccc12.Cl. The molecule has 1 atom stereocenters. The monoisotopic (exact) mass is 600 g/mol. The van der Waals surface area contributed by atoms with Gasteiger partial charge in [0.1, 0.15) is 0 Å². The van der Waals surface area contributed by atoms with Gasteiger partial charge in [-0.25, -0.2) is 4.98 Å². The van der Waals surface area contributed by atoms with Gasteiger partial charge in [-0.1, -0.05) is 157 Å². The van der Waals surface area contributed by atoms with Crippen molar-refractivity contribution in [1.29, 1.82) is 0 Å². The highest BCUT2D eigenvalue weighted by Crippen LogP contribution is 2.34. The highest BCUT2D eigenvalue weighted by atomic mass is 35.5. The second kappa shape index (κ2) is 19.5. The van der Waals surface area contributed by atoms with E-state index in [-0.39, 0.29) is 12.4 Å². The zero-order valence-corrected chi connectivity index (χ0v) is 27.3.